The lowest BCUT2D eigenvalue weighted by Gasteiger charge is -2.40. The summed E-state index contributed by atoms with van der Waals surface area (Å²) in [6.07, 6.45) is 6.70. The molecule has 0 N–H and O–H groups in total. The fraction of sp³-hybridized carbons (Fsp3) is 0.591. The molecular weight excluding hydrogens is 322 g/mol. The second kappa shape index (κ2) is 5.51. The number of nitrogens with zero attached hydrogens (tertiary/aromatic N) is 3. The Morgan fingerprint density at radius 1 is 1.04 bits per heavy atom. The van der Waals surface area contributed by atoms with Crippen LogP contribution in [-0.2, 0) is 10.2 Å². The number of hydrogen-bond donors (Lipinski definition) is 0. The first-order chi connectivity index (χ1) is 12.6. The third kappa shape index (κ3) is 1.93. The van der Waals surface area contributed by atoms with Crippen molar-refractivity contribution in [2.24, 2.45) is 5.41 Å². The molecule has 4 nitrogen and oxygen atoms in total. The smallest absolute Gasteiger partial charge is 0.235 e. The third-order valence-electron chi connectivity index (χ3n) is 7.37. The van der Waals surface area contributed by atoms with Crippen molar-refractivity contribution in [3.8, 4) is 0 Å². The summed E-state index contributed by atoms with van der Waals surface area (Å²) in [7, 11) is 0. The summed E-state index contributed by atoms with van der Waals surface area (Å²) in [5.74, 6) is 0.653. The summed E-state index contributed by atoms with van der Waals surface area (Å²) in [6, 6.07) is 8.07. The summed E-state index contributed by atoms with van der Waals surface area (Å²) in [5, 5.41) is 0. The number of amides is 1. The van der Waals surface area contributed by atoms with Crippen LogP contribution in [0.5, 0.6) is 0 Å². The predicted molar refractivity (Wildman–Crippen MR) is 102 cm³/mol. The molecule has 2 atom stereocenters. The van der Waals surface area contributed by atoms with Crippen LogP contribution >= 0.6 is 0 Å². The molecule has 4 heteroatoms. The zero-order valence-electron chi connectivity index (χ0n) is 15.8. The number of aromatic nitrogens is 2. The number of rotatable bonds is 1. The lowest BCUT2D eigenvalue weighted by atomic mass is 9.67. The Morgan fingerprint density at radius 2 is 1.69 bits per heavy atom. The second-order valence-corrected chi connectivity index (χ2v) is 8.87. The molecule has 2 bridgehead atoms. The monoisotopic (exact) mass is 349 g/mol. The molecule has 1 amide bonds. The SMILES string of the molecule is CC1(C)C2CCC1(C(=O)N1CCCCCC1)c1nc3ccccc3nc12. The minimum atomic E-state index is -0.492. The minimum absolute atomic E-state index is 0.115. The van der Waals surface area contributed by atoms with Gasteiger partial charge in [0.25, 0.3) is 0 Å². The number of carbonyl (C=O) groups is 1. The molecule has 1 aliphatic heterocycles. The number of likely N-dealkylation sites (tertiary alicyclic amines) is 1. The highest BCUT2D eigenvalue weighted by molar-refractivity contribution is 5.92. The fourth-order valence-electron chi connectivity index (χ4n) is 5.84. The molecule has 0 radical (unpaired) electrons. The molecule has 1 aromatic carbocycles. The molecule has 3 aliphatic rings. The summed E-state index contributed by atoms with van der Waals surface area (Å²) >= 11 is 0. The van der Waals surface area contributed by atoms with E-state index in [0.717, 1.165) is 61.2 Å². The molecule has 1 saturated carbocycles. The second-order valence-electron chi connectivity index (χ2n) is 8.87. The highest BCUT2D eigenvalue weighted by Gasteiger charge is 2.68. The van der Waals surface area contributed by atoms with Crippen molar-refractivity contribution in [1.29, 1.82) is 0 Å². The van der Waals surface area contributed by atoms with Crippen LogP contribution < -0.4 is 0 Å². The van der Waals surface area contributed by atoms with Crippen LogP contribution in [0.3, 0.4) is 0 Å². The summed E-state index contributed by atoms with van der Waals surface area (Å²) in [5.41, 5.74) is 3.32. The molecule has 2 heterocycles. The number of hydrogen-bond acceptors (Lipinski definition) is 3. The zero-order valence-corrected chi connectivity index (χ0v) is 15.8. The lowest BCUT2D eigenvalue weighted by Crippen LogP contribution is -2.51. The van der Waals surface area contributed by atoms with E-state index in [1.165, 1.54) is 12.8 Å². The van der Waals surface area contributed by atoms with Gasteiger partial charge in [-0.3, -0.25) is 4.79 Å². The van der Waals surface area contributed by atoms with Gasteiger partial charge in [-0.05, 0) is 43.2 Å². The van der Waals surface area contributed by atoms with E-state index in [-0.39, 0.29) is 5.41 Å². The van der Waals surface area contributed by atoms with Crippen LogP contribution in [0.1, 0.15) is 69.7 Å². The average molecular weight is 349 g/mol. The van der Waals surface area contributed by atoms with Crippen LogP contribution in [-0.4, -0.2) is 33.9 Å². The van der Waals surface area contributed by atoms with Crippen molar-refractivity contribution >= 4 is 16.9 Å². The maximum Gasteiger partial charge on any atom is 0.235 e. The molecule has 2 fully saturated rings. The van der Waals surface area contributed by atoms with Crippen molar-refractivity contribution < 1.29 is 4.79 Å². The standard InChI is InChI=1S/C22H27N3O/c1-21(2)15-11-12-22(21,20(26)25-13-7-3-4-8-14-25)19-18(15)23-16-9-5-6-10-17(16)24-19/h5-6,9-10,15H,3-4,7-8,11-14H2,1-2H3. The van der Waals surface area contributed by atoms with Crippen LogP contribution in [0.2, 0.25) is 0 Å². The number of para-hydroxylation sites is 2. The molecule has 2 aromatic rings. The van der Waals surface area contributed by atoms with Crippen molar-refractivity contribution in [3.05, 3.63) is 35.7 Å². The van der Waals surface area contributed by atoms with Gasteiger partial charge in [0.05, 0.1) is 27.8 Å². The molecule has 2 aliphatic carbocycles. The van der Waals surface area contributed by atoms with Gasteiger partial charge in [0.2, 0.25) is 5.91 Å². The van der Waals surface area contributed by atoms with Gasteiger partial charge < -0.3 is 4.90 Å². The Morgan fingerprint density at radius 3 is 2.38 bits per heavy atom. The molecule has 5 rings (SSSR count). The fourth-order valence-corrected chi connectivity index (χ4v) is 5.84. The Bertz CT molecular complexity index is 882. The quantitative estimate of drug-likeness (QED) is 0.775. The van der Waals surface area contributed by atoms with E-state index in [1.807, 2.05) is 24.3 Å². The number of benzene rings is 1. The number of carbonyl (C=O) groups excluding carboxylic acids is 1. The largest absolute Gasteiger partial charge is 0.342 e. The van der Waals surface area contributed by atoms with Crippen molar-refractivity contribution in [2.45, 2.75) is 63.7 Å². The van der Waals surface area contributed by atoms with Gasteiger partial charge in [0.15, 0.2) is 0 Å². The maximum atomic E-state index is 13.9. The first-order valence-electron chi connectivity index (χ1n) is 10.1. The van der Waals surface area contributed by atoms with Crippen LogP contribution in [0.4, 0.5) is 0 Å². The van der Waals surface area contributed by atoms with Gasteiger partial charge in [-0.25, -0.2) is 9.97 Å². The van der Waals surface area contributed by atoms with Crippen molar-refractivity contribution in [3.63, 3.8) is 0 Å². The van der Waals surface area contributed by atoms with E-state index in [4.69, 9.17) is 9.97 Å². The van der Waals surface area contributed by atoms with Gasteiger partial charge in [-0.1, -0.05) is 38.8 Å². The molecule has 1 saturated heterocycles. The first-order valence-corrected chi connectivity index (χ1v) is 10.1. The molecule has 136 valence electrons. The van der Waals surface area contributed by atoms with Crippen molar-refractivity contribution in [1.82, 2.24) is 14.9 Å². The molecule has 26 heavy (non-hydrogen) atoms. The van der Waals surface area contributed by atoms with Crippen molar-refractivity contribution in [2.75, 3.05) is 13.1 Å². The highest BCUT2D eigenvalue weighted by Crippen LogP contribution is 2.67. The summed E-state index contributed by atoms with van der Waals surface area (Å²) in [6.45, 7) is 6.35. The Kier molecular flexibility index (Phi) is 3.44. The summed E-state index contributed by atoms with van der Waals surface area (Å²) < 4.78 is 0. The number of fused-ring (bicyclic) bond motifs is 6. The molecule has 2 unspecified atom stereocenters. The zero-order chi connectivity index (χ0) is 17.9. The Hall–Kier alpha value is -1.97. The molecule has 0 spiro atoms. The molecular formula is C22H27N3O. The van der Waals surface area contributed by atoms with Gasteiger partial charge in [0.1, 0.15) is 0 Å². The maximum absolute atomic E-state index is 13.9. The van der Waals surface area contributed by atoms with E-state index in [0.29, 0.717) is 11.8 Å². The van der Waals surface area contributed by atoms with Gasteiger partial charge in [-0.15, -0.1) is 0 Å². The average Bonchev–Trinajstić information content (AvgIpc) is 2.89. The van der Waals surface area contributed by atoms with Gasteiger partial charge >= 0.3 is 0 Å². The van der Waals surface area contributed by atoms with E-state index in [9.17, 15) is 4.79 Å². The third-order valence-corrected chi connectivity index (χ3v) is 7.37. The van der Waals surface area contributed by atoms with Gasteiger partial charge in [0, 0.05) is 19.0 Å². The van der Waals surface area contributed by atoms with E-state index >= 15 is 0 Å². The van der Waals surface area contributed by atoms with Crippen LogP contribution in [0.15, 0.2) is 24.3 Å². The predicted octanol–water partition coefficient (Wildman–Crippen LogP) is 4.19. The minimum Gasteiger partial charge on any atom is -0.342 e. The first kappa shape index (κ1) is 16.2. The highest BCUT2D eigenvalue weighted by atomic mass is 16.2. The topological polar surface area (TPSA) is 46.1 Å². The van der Waals surface area contributed by atoms with E-state index in [1.54, 1.807) is 0 Å². The van der Waals surface area contributed by atoms with Crippen LogP contribution in [0, 0.1) is 5.41 Å². The Labute approximate surface area is 155 Å². The van der Waals surface area contributed by atoms with Gasteiger partial charge in [-0.2, -0.15) is 0 Å². The van der Waals surface area contributed by atoms with Crippen LogP contribution in [0.25, 0.3) is 11.0 Å². The lowest BCUT2D eigenvalue weighted by molar-refractivity contribution is -0.141. The van der Waals surface area contributed by atoms with E-state index < -0.39 is 5.41 Å². The normalized spacial score (nSPS) is 29.6. The Balaban J connectivity index is 1.68. The molecule has 1 aromatic heterocycles. The van der Waals surface area contributed by atoms with E-state index in [2.05, 4.69) is 18.7 Å². The summed E-state index contributed by atoms with van der Waals surface area (Å²) in [4.78, 5) is 26.1.